The minimum atomic E-state index is -3.64. The van der Waals surface area contributed by atoms with Crippen LogP contribution in [0.25, 0.3) is 0 Å². The van der Waals surface area contributed by atoms with Crippen LogP contribution in [0.15, 0.2) is 23.1 Å². The molecule has 0 aliphatic heterocycles. The summed E-state index contributed by atoms with van der Waals surface area (Å²) in [5.74, 6) is -1.15. The molecule has 1 fully saturated rings. The van der Waals surface area contributed by atoms with Gasteiger partial charge in [-0.05, 0) is 31.0 Å². The standard InChI is InChI=1S/C13H13ClFNO2S/c14-11-7-10(5-6-12(11)15)19(17,18)13-4-2-1-3-9(13)8-16/h5-7,9,13H,1-4H2. The smallest absolute Gasteiger partial charge is 0.182 e. The van der Waals surface area contributed by atoms with Crippen LogP contribution in [0.2, 0.25) is 5.02 Å². The van der Waals surface area contributed by atoms with Crippen molar-refractivity contribution in [3.8, 4) is 6.07 Å². The molecule has 0 bridgehead atoms. The van der Waals surface area contributed by atoms with Gasteiger partial charge in [0.2, 0.25) is 0 Å². The van der Waals surface area contributed by atoms with E-state index >= 15 is 0 Å². The Morgan fingerprint density at radius 1 is 1.32 bits per heavy atom. The number of sulfone groups is 1. The van der Waals surface area contributed by atoms with Crippen LogP contribution < -0.4 is 0 Å². The largest absolute Gasteiger partial charge is 0.223 e. The Hall–Kier alpha value is -1.12. The summed E-state index contributed by atoms with van der Waals surface area (Å²) in [5, 5.41) is 8.14. The van der Waals surface area contributed by atoms with Crippen LogP contribution in [0.4, 0.5) is 4.39 Å². The van der Waals surface area contributed by atoms with Crippen molar-refractivity contribution < 1.29 is 12.8 Å². The molecule has 6 heteroatoms. The van der Waals surface area contributed by atoms with Crippen LogP contribution in [0.3, 0.4) is 0 Å². The summed E-state index contributed by atoms with van der Waals surface area (Å²) < 4.78 is 38.1. The summed E-state index contributed by atoms with van der Waals surface area (Å²) in [6.07, 6.45) is 2.72. The lowest BCUT2D eigenvalue weighted by molar-refractivity contribution is 0.418. The maximum atomic E-state index is 13.1. The van der Waals surface area contributed by atoms with E-state index in [9.17, 15) is 12.8 Å². The van der Waals surface area contributed by atoms with Gasteiger partial charge in [0.1, 0.15) is 5.82 Å². The first-order valence-electron chi connectivity index (χ1n) is 6.05. The maximum absolute atomic E-state index is 13.1. The van der Waals surface area contributed by atoms with Crippen LogP contribution in [0, 0.1) is 23.1 Å². The zero-order valence-corrected chi connectivity index (χ0v) is 11.7. The third-order valence-corrected chi connectivity index (χ3v) is 6.05. The van der Waals surface area contributed by atoms with E-state index in [0.717, 1.165) is 25.0 Å². The van der Waals surface area contributed by atoms with Crippen LogP contribution in [-0.4, -0.2) is 13.7 Å². The third kappa shape index (κ3) is 2.75. The Morgan fingerprint density at radius 2 is 2.00 bits per heavy atom. The molecule has 1 aromatic carbocycles. The fourth-order valence-electron chi connectivity index (χ4n) is 2.44. The highest BCUT2D eigenvalue weighted by molar-refractivity contribution is 7.92. The summed E-state index contributed by atoms with van der Waals surface area (Å²) in [6, 6.07) is 5.44. The summed E-state index contributed by atoms with van der Waals surface area (Å²) >= 11 is 5.62. The van der Waals surface area contributed by atoms with Gasteiger partial charge in [0.25, 0.3) is 0 Å². The van der Waals surface area contributed by atoms with E-state index in [1.54, 1.807) is 0 Å². The van der Waals surface area contributed by atoms with Gasteiger partial charge in [-0.25, -0.2) is 12.8 Å². The second-order valence-corrected chi connectivity index (χ2v) is 7.25. The van der Waals surface area contributed by atoms with Crippen molar-refractivity contribution in [1.82, 2.24) is 0 Å². The van der Waals surface area contributed by atoms with Crippen LogP contribution in [-0.2, 0) is 9.84 Å². The Balaban J connectivity index is 2.41. The molecule has 1 aliphatic rings. The molecule has 1 aliphatic carbocycles. The SMILES string of the molecule is N#CC1CCCCC1S(=O)(=O)c1ccc(F)c(Cl)c1. The lowest BCUT2D eigenvalue weighted by Gasteiger charge is -2.26. The third-order valence-electron chi connectivity index (χ3n) is 3.49. The molecule has 0 aromatic heterocycles. The fraction of sp³-hybridized carbons (Fsp3) is 0.462. The van der Waals surface area contributed by atoms with E-state index in [1.807, 2.05) is 0 Å². The van der Waals surface area contributed by atoms with Crippen molar-refractivity contribution >= 4 is 21.4 Å². The van der Waals surface area contributed by atoms with E-state index in [0.29, 0.717) is 12.8 Å². The number of nitrogens with zero attached hydrogens (tertiary/aromatic N) is 1. The van der Waals surface area contributed by atoms with Crippen LogP contribution in [0.5, 0.6) is 0 Å². The predicted octanol–water partition coefficient (Wildman–Crippen LogP) is 3.34. The van der Waals surface area contributed by atoms with Gasteiger partial charge in [-0.15, -0.1) is 0 Å². The summed E-state index contributed by atoms with van der Waals surface area (Å²) in [6.45, 7) is 0. The minimum Gasteiger partial charge on any atom is -0.223 e. The van der Waals surface area contributed by atoms with E-state index in [2.05, 4.69) is 6.07 Å². The number of rotatable bonds is 2. The van der Waals surface area contributed by atoms with Crippen molar-refractivity contribution in [2.24, 2.45) is 5.92 Å². The zero-order chi connectivity index (χ0) is 14.0. The highest BCUT2D eigenvalue weighted by atomic mass is 35.5. The molecule has 0 radical (unpaired) electrons. The molecule has 2 unspecified atom stereocenters. The van der Waals surface area contributed by atoms with Crippen molar-refractivity contribution in [3.05, 3.63) is 29.0 Å². The molecule has 0 spiro atoms. The second kappa shape index (κ2) is 5.48. The first-order chi connectivity index (χ1) is 8.96. The number of nitriles is 1. The lowest BCUT2D eigenvalue weighted by Crippen LogP contribution is -2.32. The number of hydrogen-bond acceptors (Lipinski definition) is 3. The average Bonchev–Trinajstić information content (AvgIpc) is 2.41. The number of benzene rings is 1. The van der Waals surface area contributed by atoms with Gasteiger partial charge in [-0.1, -0.05) is 24.4 Å². The average molecular weight is 302 g/mol. The molecule has 0 saturated heterocycles. The molecular weight excluding hydrogens is 289 g/mol. The van der Waals surface area contributed by atoms with Crippen LogP contribution in [0.1, 0.15) is 25.7 Å². The Morgan fingerprint density at radius 3 is 2.63 bits per heavy atom. The summed E-state index contributed by atoms with van der Waals surface area (Å²) in [7, 11) is -3.64. The number of halogens is 2. The molecule has 102 valence electrons. The van der Waals surface area contributed by atoms with Gasteiger partial charge in [-0.2, -0.15) is 5.26 Å². The topological polar surface area (TPSA) is 57.9 Å². The van der Waals surface area contributed by atoms with Gasteiger partial charge in [0.15, 0.2) is 9.84 Å². The van der Waals surface area contributed by atoms with Crippen molar-refractivity contribution in [2.75, 3.05) is 0 Å². The molecule has 1 saturated carbocycles. The van der Waals surface area contributed by atoms with E-state index in [-0.39, 0.29) is 9.92 Å². The first kappa shape index (κ1) is 14.3. The molecule has 2 rings (SSSR count). The Bertz CT molecular complexity index is 624. The van der Waals surface area contributed by atoms with Gasteiger partial charge >= 0.3 is 0 Å². The lowest BCUT2D eigenvalue weighted by atomic mass is 9.90. The summed E-state index contributed by atoms with van der Waals surface area (Å²) in [4.78, 5) is -0.00829. The molecular formula is C13H13ClFNO2S. The maximum Gasteiger partial charge on any atom is 0.182 e. The molecule has 19 heavy (non-hydrogen) atoms. The summed E-state index contributed by atoms with van der Waals surface area (Å²) in [5.41, 5.74) is 0. The van der Waals surface area contributed by atoms with E-state index in [4.69, 9.17) is 16.9 Å². The fourth-order valence-corrected chi connectivity index (χ4v) is 4.69. The normalized spacial score (nSPS) is 23.8. The quantitative estimate of drug-likeness (QED) is 0.787. The molecule has 0 amide bonds. The van der Waals surface area contributed by atoms with E-state index in [1.165, 1.54) is 6.07 Å². The van der Waals surface area contributed by atoms with Gasteiger partial charge < -0.3 is 0 Å². The van der Waals surface area contributed by atoms with E-state index < -0.39 is 26.8 Å². The first-order valence-corrected chi connectivity index (χ1v) is 7.98. The van der Waals surface area contributed by atoms with Gasteiger partial charge in [0, 0.05) is 0 Å². The van der Waals surface area contributed by atoms with Crippen LogP contribution >= 0.6 is 11.6 Å². The van der Waals surface area contributed by atoms with Gasteiger partial charge in [-0.3, -0.25) is 0 Å². The van der Waals surface area contributed by atoms with Crippen molar-refractivity contribution in [1.29, 1.82) is 5.26 Å². The highest BCUT2D eigenvalue weighted by Gasteiger charge is 2.36. The molecule has 0 N–H and O–H groups in total. The number of hydrogen-bond donors (Lipinski definition) is 0. The minimum absolute atomic E-state index is 0.00829. The van der Waals surface area contributed by atoms with Crippen molar-refractivity contribution in [3.63, 3.8) is 0 Å². The Kier molecular flexibility index (Phi) is 4.12. The Labute approximate surface area is 116 Å². The second-order valence-electron chi connectivity index (χ2n) is 4.68. The predicted molar refractivity (Wildman–Crippen MR) is 70.0 cm³/mol. The zero-order valence-electron chi connectivity index (χ0n) is 10.1. The highest BCUT2D eigenvalue weighted by Crippen LogP contribution is 2.33. The van der Waals surface area contributed by atoms with Crippen molar-refractivity contribution in [2.45, 2.75) is 35.8 Å². The molecule has 2 atom stereocenters. The molecule has 1 aromatic rings. The monoisotopic (exact) mass is 301 g/mol. The van der Waals surface area contributed by atoms with Gasteiger partial charge in [0.05, 0.1) is 27.2 Å². The molecule has 0 heterocycles. The molecule has 3 nitrogen and oxygen atoms in total.